The van der Waals surface area contributed by atoms with Gasteiger partial charge >= 0.3 is 6.18 Å². The Kier molecular flexibility index (Phi) is 6.32. The molecule has 0 unspecified atom stereocenters. The van der Waals surface area contributed by atoms with Crippen LogP contribution in [0.3, 0.4) is 0 Å². The Morgan fingerprint density at radius 3 is 2.40 bits per heavy atom. The summed E-state index contributed by atoms with van der Waals surface area (Å²) in [6.07, 6.45) is -2.35. The van der Waals surface area contributed by atoms with Crippen LogP contribution in [0.4, 0.5) is 17.6 Å². The fraction of sp³-hybridized carbons (Fsp3) is 0.294. The van der Waals surface area contributed by atoms with Gasteiger partial charge in [0.15, 0.2) is 0 Å². The fourth-order valence-corrected chi connectivity index (χ4v) is 1.95. The third-order valence-corrected chi connectivity index (χ3v) is 3.26. The van der Waals surface area contributed by atoms with E-state index < -0.39 is 17.8 Å². The topological polar surface area (TPSA) is 51.2 Å². The monoisotopic (exact) mass is 356 g/mol. The van der Waals surface area contributed by atoms with E-state index >= 15 is 0 Å². The summed E-state index contributed by atoms with van der Waals surface area (Å²) in [7, 11) is 0. The predicted molar refractivity (Wildman–Crippen MR) is 82.7 cm³/mol. The molecule has 25 heavy (non-hydrogen) atoms. The maximum absolute atomic E-state index is 12.7. The number of halogens is 4. The highest BCUT2D eigenvalue weighted by atomic mass is 19.4. The van der Waals surface area contributed by atoms with Crippen LogP contribution in [0.25, 0.3) is 0 Å². The Morgan fingerprint density at radius 1 is 1.08 bits per heavy atom. The first-order valence-corrected chi connectivity index (χ1v) is 7.56. The van der Waals surface area contributed by atoms with Crippen LogP contribution in [0.2, 0.25) is 0 Å². The molecule has 1 amide bonds. The van der Waals surface area contributed by atoms with Crippen LogP contribution in [0.15, 0.2) is 42.6 Å². The van der Waals surface area contributed by atoms with Crippen molar-refractivity contribution in [2.45, 2.75) is 19.0 Å². The molecule has 0 bridgehead atoms. The third-order valence-electron chi connectivity index (χ3n) is 3.26. The number of rotatable bonds is 7. The van der Waals surface area contributed by atoms with Crippen molar-refractivity contribution in [1.82, 2.24) is 10.3 Å². The zero-order chi connectivity index (χ0) is 18.3. The second kappa shape index (κ2) is 8.46. The zero-order valence-corrected chi connectivity index (χ0v) is 13.1. The van der Waals surface area contributed by atoms with Crippen molar-refractivity contribution < 1.29 is 27.1 Å². The fourth-order valence-electron chi connectivity index (χ4n) is 1.95. The zero-order valence-electron chi connectivity index (χ0n) is 13.1. The number of ether oxygens (including phenoxy) is 1. The molecule has 0 spiro atoms. The maximum Gasteiger partial charge on any atom is 0.433 e. The average molecular weight is 356 g/mol. The third kappa shape index (κ3) is 6.06. The van der Waals surface area contributed by atoms with Crippen molar-refractivity contribution in [3.05, 3.63) is 59.7 Å². The van der Waals surface area contributed by atoms with Gasteiger partial charge in [-0.15, -0.1) is 0 Å². The van der Waals surface area contributed by atoms with E-state index in [-0.39, 0.29) is 11.4 Å². The summed E-state index contributed by atoms with van der Waals surface area (Å²) in [4.78, 5) is 15.0. The molecule has 8 heteroatoms. The van der Waals surface area contributed by atoms with Crippen LogP contribution >= 0.6 is 0 Å². The lowest BCUT2D eigenvalue weighted by molar-refractivity contribution is -0.141. The van der Waals surface area contributed by atoms with E-state index in [0.717, 1.165) is 18.3 Å². The quantitative estimate of drug-likeness (QED) is 0.606. The second-order valence-electron chi connectivity index (χ2n) is 5.20. The number of nitrogens with zero attached hydrogens (tertiary/aromatic N) is 1. The Bertz CT molecular complexity index is 685. The number of amides is 1. The summed E-state index contributed by atoms with van der Waals surface area (Å²) in [5, 5.41) is 2.60. The number of nitrogens with one attached hydrogen (secondary N) is 1. The lowest BCUT2D eigenvalue weighted by atomic mass is 10.2. The Labute approximate surface area is 141 Å². The summed E-state index contributed by atoms with van der Waals surface area (Å²) in [5.74, 6) is -0.269. The van der Waals surface area contributed by atoms with Crippen LogP contribution in [-0.4, -0.2) is 24.0 Å². The van der Waals surface area contributed by atoms with E-state index in [1.165, 1.54) is 24.3 Å². The van der Waals surface area contributed by atoms with E-state index in [2.05, 4.69) is 10.3 Å². The van der Waals surface area contributed by atoms with Gasteiger partial charge in [-0.25, -0.2) is 4.39 Å². The molecule has 0 aliphatic heterocycles. The molecule has 4 nitrogen and oxygen atoms in total. The summed E-state index contributed by atoms with van der Waals surface area (Å²) in [6, 6.07) is 7.50. The first kappa shape index (κ1) is 18.7. The van der Waals surface area contributed by atoms with Crippen molar-refractivity contribution in [2.24, 2.45) is 0 Å². The number of pyridine rings is 1. The summed E-state index contributed by atoms with van der Waals surface area (Å²) in [6.45, 7) is 0.760. The summed E-state index contributed by atoms with van der Waals surface area (Å²) in [5.41, 5.74) is -0.974. The van der Waals surface area contributed by atoms with Crippen LogP contribution in [0.5, 0.6) is 5.75 Å². The minimum Gasteiger partial charge on any atom is -0.494 e. The van der Waals surface area contributed by atoms with E-state index in [1.54, 1.807) is 0 Å². The van der Waals surface area contributed by atoms with Crippen LogP contribution in [0.1, 0.15) is 28.9 Å². The minimum absolute atomic E-state index is 0.0653. The molecule has 0 fully saturated rings. The van der Waals surface area contributed by atoms with Gasteiger partial charge in [0, 0.05) is 12.7 Å². The summed E-state index contributed by atoms with van der Waals surface area (Å²) >= 11 is 0. The lowest BCUT2D eigenvalue weighted by Crippen LogP contribution is -2.25. The van der Waals surface area contributed by atoms with Gasteiger partial charge in [-0.1, -0.05) is 0 Å². The van der Waals surface area contributed by atoms with Gasteiger partial charge in [-0.3, -0.25) is 9.78 Å². The Morgan fingerprint density at radius 2 is 1.80 bits per heavy atom. The molecule has 1 aromatic heterocycles. The van der Waals surface area contributed by atoms with Crippen molar-refractivity contribution in [3.8, 4) is 5.75 Å². The highest BCUT2D eigenvalue weighted by molar-refractivity contribution is 5.93. The molecule has 0 saturated heterocycles. The number of hydrogen-bond donors (Lipinski definition) is 1. The van der Waals surface area contributed by atoms with E-state index in [9.17, 15) is 22.4 Å². The van der Waals surface area contributed by atoms with Crippen LogP contribution in [0, 0.1) is 5.82 Å². The van der Waals surface area contributed by atoms with Gasteiger partial charge in [0.2, 0.25) is 0 Å². The van der Waals surface area contributed by atoms with Gasteiger partial charge in [0.05, 0.1) is 12.2 Å². The molecule has 2 rings (SSSR count). The molecule has 0 saturated carbocycles. The van der Waals surface area contributed by atoms with E-state index in [0.29, 0.717) is 31.7 Å². The average Bonchev–Trinajstić information content (AvgIpc) is 2.58. The Balaban J connectivity index is 1.66. The Hall–Kier alpha value is -2.64. The SMILES string of the molecule is O=C(NCCCCOc1ccc(F)cc1)c1ccc(C(F)(F)F)nc1. The molecule has 1 N–H and O–H groups in total. The van der Waals surface area contributed by atoms with Gasteiger partial charge in [-0.05, 0) is 49.2 Å². The minimum atomic E-state index is -4.53. The number of benzene rings is 1. The second-order valence-corrected chi connectivity index (χ2v) is 5.20. The number of unbranched alkanes of at least 4 members (excludes halogenated alkanes) is 1. The highest BCUT2D eigenvalue weighted by Gasteiger charge is 2.32. The number of alkyl halides is 3. The molecule has 0 atom stereocenters. The van der Waals surface area contributed by atoms with Crippen molar-refractivity contribution in [2.75, 3.05) is 13.2 Å². The molecular formula is C17H16F4N2O2. The first-order chi connectivity index (χ1) is 11.9. The van der Waals surface area contributed by atoms with Crippen molar-refractivity contribution >= 4 is 5.91 Å². The van der Waals surface area contributed by atoms with Crippen LogP contribution in [-0.2, 0) is 6.18 Å². The smallest absolute Gasteiger partial charge is 0.433 e. The number of aromatic nitrogens is 1. The van der Waals surface area contributed by atoms with Gasteiger partial charge in [-0.2, -0.15) is 13.2 Å². The highest BCUT2D eigenvalue weighted by Crippen LogP contribution is 2.27. The predicted octanol–water partition coefficient (Wildman–Crippen LogP) is 3.83. The van der Waals surface area contributed by atoms with Crippen LogP contribution < -0.4 is 10.1 Å². The largest absolute Gasteiger partial charge is 0.494 e. The normalized spacial score (nSPS) is 11.2. The molecule has 1 aromatic carbocycles. The summed E-state index contributed by atoms with van der Waals surface area (Å²) < 4.78 is 55.3. The van der Waals surface area contributed by atoms with E-state index in [1.807, 2.05) is 0 Å². The molecular weight excluding hydrogens is 340 g/mol. The van der Waals surface area contributed by atoms with Crippen molar-refractivity contribution in [1.29, 1.82) is 0 Å². The van der Waals surface area contributed by atoms with Gasteiger partial charge in [0.25, 0.3) is 5.91 Å². The molecule has 0 aliphatic carbocycles. The van der Waals surface area contributed by atoms with Gasteiger partial charge in [0.1, 0.15) is 17.3 Å². The lowest BCUT2D eigenvalue weighted by Gasteiger charge is -2.08. The molecule has 134 valence electrons. The number of hydrogen-bond acceptors (Lipinski definition) is 3. The number of carbonyl (C=O) groups excluding carboxylic acids is 1. The molecule has 0 aliphatic rings. The molecule has 2 aromatic rings. The number of carbonyl (C=O) groups is 1. The standard InChI is InChI=1S/C17H16F4N2O2/c18-13-4-6-14(7-5-13)25-10-2-1-9-22-16(24)12-3-8-15(23-11-12)17(19,20)21/h3-8,11H,1-2,9-10H2,(H,22,24). The molecule has 1 heterocycles. The first-order valence-electron chi connectivity index (χ1n) is 7.56. The maximum atomic E-state index is 12.7. The van der Waals surface area contributed by atoms with E-state index in [4.69, 9.17) is 4.74 Å². The van der Waals surface area contributed by atoms with Gasteiger partial charge < -0.3 is 10.1 Å². The van der Waals surface area contributed by atoms with Crippen molar-refractivity contribution in [3.63, 3.8) is 0 Å². The molecule has 0 radical (unpaired) electrons.